The van der Waals surface area contributed by atoms with Gasteiger partial charge in [-0.3, -0.25) is 4.79 Å². The molecule has 0 saturated carbocycles. The first-order valence-corrected chi connectivity index (χ1v) is 12.1. The van der Waals surface area contributed by atoms with Crippen LogP contribution in [0.25, 0.3) is 0 Å². The quantitative estimate of drug-likeness (QED) is 0.330. The summed E-state index contributed by atoms with van der Waals surface area (Å²) < 4.78 is 18.9. The van der Waals surface area contributed by atoms with Gasteiger partial charge in [0.05, 0.1) is 6.04 Å². The van der Waals surface area contributed by atoms with Gasteiger partial charge in [-0.1, -0.05) is 62.4 Å². The molecule has 0 bridgehead atoms. The second kappa shape index (κ2) is 14.3. The highest BCUT2D eigenvalue weighted by Gasteiger charge is 2.24. The number of hydrogen-bond acceptors (Lipinski definition) is 5. The maximum atomic E-state index is 13.7. The van der Waals surface area contributed by atoms with Crippen molar-refractivity contribution in [1.29, 1.82) is 0 Å². The van der Waals surface area contributed by atoms with Crippen LogP contribution in [0.4, 0.5) is 9.18 Å². The molecular formula is C25H31FN2O4S. The molecule has 33 heavy (non-hydrogen) atoms. The molecule has 1 unspecified atom stereocenters. The van der Waals surface area contributed by atoms with E-state index < -0.39 is 24.1 Å². The van der Waals surface area contributed by atoms with Crippen LogP contribution in [0.15, 0.2) is 54.6 Å². The number of aldehydes is 1. The Morgan fingerprint density at radius 2 is 1.76 bits per heavy atom. The van der Waals surface area contributed by atoms with E-state index in [2.05, 4.69) is 10.6 Å². The number of hydrogen-bond donors (Lipinski definition) is 2. The minimum absolute atomic E-state index is 0.0961. The van der Waals surface area contributed by atoms with Gasteiger partial charge < -0.3 is 20.2 Å². The molecule has 0 aliphatic heterocycles. The maximum absolute atomic E-state index is 13.7. The van der Waals surface area contributed by atoms with Gasteiger partial charge in [-0.05, 0) is 41.7 Å². The summed E-state index contributed by atoms with van der Waals surface area (Å²) >= 11 is 1.49. The first-order chi connectivity index (χ1) is 15.9. The number of nitrogens with one attached hydrogen (secondary N) is 2. The molecule has 0 radical (unpaired) electrons. The minimum atomic E-state index is -0.818. The molecule has 6 nitrogen and oxygen atoms in total. The smallest absolute Gasteiger partial charge is 0.408 e. The fourth-order valence-corrected chi connectivity index (χ4v) is 4.09. The molecule has 2 rings (SSSR count). The van der Waals surface area contributed by atoms with E-state index in [1.807, 2.05) is 44.2 Å². The Hall–Kier alpha value is -2.87. The van der Waals surface area contributed by atoms with Gasteiger partial charge in [0.1, 0.15) is 24.8 Å². The van der Waals surface area contributed by atoms with Gasteiger partial charge in [-0.25, -0.2) is 9.18 Å². The number of alkyl carbamates (subject to hydrolysis) is 1. The lowest BCUT2D eigenvalue weighted by atomic mass is 10.0. The molecule has 8 heteroatoms. The van der Waals surface area contributed by atoms with Crippen LogP contribution in [-0.4, -0.2) is 36.1 Å². The van der Waals surface area contributed by atoms with Crippen LogP contribution in [0.1, 0.15) is 37.8 Å². The minimum Gasteiger partial charge on any atom is -0.445 e. The highest BCUT2D eigenvalue weighted by atomic mass is 32.2. The molecule has 0 fully saturated rings. The zero-order valence-corrected chi connectivity index (χ0v) is 19.8. The van der Waals surface area contributed by atoms with Crippen molar-refractivity contribution < 1.29 is 23.5 Å². The Morgan fingerprint density at radius 1 is 1.06 bits per heavy atom. The summed E-state index contributed by atoms with van der Waals surface area (Å²) in [6, 6.07) is 14.3. The lowest BCUT2D eigenvalue weighted by Crippen LogP contribution is -2.50. The van der Waals surface area contributed by atoms with Crippen molar-refractivity contribution in [3.05, 3.63) is 71.5 Å². The highest BCUT2D eigenvalue weighted by Crippen LogP contribution is 2.16. The Morgan fingerprint density at radius 3 is 2.42 bits per heavy atom. The summed E-state index contributed by atoms with van der Waals surface area (Å²) in [5, 5.41) is 5.30. The molecule has 0 aromatic heterocycles. The van der Waals surface area contributed by atoms with Crippen molar-refractivity contribution in [2.75, 3.05) is 5.75 Å². The summed E-state index contributed by atoms with van der Waals surface area (Å²) in [5.74, 6) is 0.501. The summed E-state index contributed by atoms with van der Waals surface area (Å²) in [4.78, 5) is 36.5. The molecule has 2 N–H and O–H groups in total. The topological polar surface area (TPSA) is 84.5 Å². The molecule has 0 saturated heterocycles. The van der Waals surface area contributed by atoms with E-state index in [9.17, 15) is 18.8 Å². The molecule has 0 heterocycles. The number of halogens is 1. The highest BCUT2D eigenvalue weighted by molar-refractivity contribution is 7.98. The van der Waals surface area contributed by atoms with Gasteiger partial charge in [0, 0.05) is 5.75 Å². The molecule has 178 valence electrons. The Labute approximate surface area is 198 Å². The number of amides is 2. The predicted molar refractivity (Wildman–Crippen MR) is 128 cm³/mol. The predicted octanol–water partition coefficient (Wildman–Crippen LogP) is 4.47. The lowest BCUT2D eigenvalue weighted by Gasteiger charge is -2.22. The fraction of sp³-hybridized carbons (Fsp3) is 0.400. The summed E-state index contributed by atoms with van der Waals surface area (Å²) in [7, 11) is 0. The lowest BCUT2D eigenvalue weighted by molar-refractivity contribution is -0.126. The van der Waals surface area contributed by atoms with Crippen molar-refractivity contribution in [3.63, 3.8) is 0 Å². The summed E-state index contributed by atoms with van der Waals surface area (Å²) in [5.41, 5.74) is 1.44. The Kier molecular flexibility index (Phi) is 11.4. The van der Waals surface area contributed by atoms with Crippen LogP contribution in [0.2, 0.25) is 0 Å². The van der Waals surface area contributed by atoms with Gasteiger partial charge >= 0.3 is 6.09 Å². The normalized spacial score (nSPS) is 12.6. The standard InChI is InChI=1S/C25H31FN2O4S/c1-18(2)14-23(28-25(31)32-16-19-8-4-3-5-9-19)24(30)27-21(15-29)12-13-33-17-20-10-6-7-11-22(20)26/h3-11,15,18,21,23H,12-14,16-17H2,1-2H3,(H,27,30)(H,28,31)/t21?,23-/m0/s1. The third-order valence-electron chi connectivity index (χ3n) is 4.81. The molecule has 2 aromatic rings. The van der Waals surface area contributed by atoms with E-state index in [1.54, 1.807) is 18.2 Å². The maximum Gasteiger partial charge on any atom is 0.408 e. The number of thioether (sulfide) groups is 1. The second-order valence-electron chi connectivity index (χ2n) is 8.07. The number of ether oxygens (including phenoxy) is 1. The molecule has 2 amide bonds. The first kappa shape index (κ1) is 26.4. The first-order valence-electron chi connectivity index (χ1n) is 10.9. The van der Waals surface area contributed by atoms with E-state index in [-0.39, 0.29) is 18.3 Å². The van der Waals surface area contributed by atoms with E-state index in [0.717, 1.165) is 5.56 Å². The average Bonchev–Trinajstić information content (AvgIpc) is 2.80. The largest absolute Gasteiger partial charge is 0.445 e. The van der Waals surface area contributed by atoms with Crippen molar-refractivity contribution >= 4 is 30.0 Å². The third-order valence-corrected chi connectivity index (χ3v) is 5.85. The SMILES string of the molecule is CC(C)C[C@H](NC(=O)OCc1ccccc1)C(=O)NC(C=O)CCSCc1ccccc1F. The number of rotatable bonds is 13. The van der Waals surface area contributed by atoms with E-state index in [0.29, 0.717) is 36.2 Å². The third kappa shape index (κ3) is 10.1. The van der Waals surface area contributed by atoms with Crippen LogP contribution < -0.4 is 10.6 Å². The van der Waals surface area contributed by atoms with Crippen LogP contribution in [0.5, 0.6) is 0 Å². The van der Waals surface area contributed by atoms with Crippen molar-refractivity contribution in [2.45, 2.75) is 51.1 Å². The molecule has 2 atom stereocenters. The van der Waals surface area contributed by atoms with Crippen LogP contribution in [0, 0.1) is 11.7 Å². The summed E-state index contributed by atoms with van der Waals surface area (Å²) in [6.45, 7) is 3.97. The van der Waals surface area contributed by atoms with E-state index in [4.69, 9.17) is 4.74 Å². The van der Waals surface area contributed by atoms with Crippen LogP contribution in [0.3, 0.4) is 0 Å². The van der Waals surface area contributed by atoms with Gasteiger partial charge in [0.2, 0.25) is 5.91 Å². The summed E-state index contributed by atoms with van der Waals surface area (Å²) in [6.07, 6.45) is 0.797. The van der Waals surface area contributed by atoms with Gasteiger partial charge in [0.25, 0.3) is 0 Å². The number of benzene rings is 2. The van der Waals surface area contributed by atoms with Gasteiger partial charge in [-0.2, -0.15) is 11.8 Å². The van der Waals surface area contributed by atoms with Crippen molar-refractivity contribution in [1.82, 2.24) is 10.6 Å². The Balaban J connectivity index is 1.82. The molecular weight excluding hydrogens is 443 g/mol. The zero-order chi connectivity index (χ0) is 24.1. The fourth-order valence-electron chi connectivity index (χ4n) is 3.08. The van der Waals surface area contributed by atoms with E-state index >= 15 is 0 Å². The molecule has 2 aromatic carbocycles. The van der Waals surface area contributed by atoms with Crippen molar-refractivity contribution in [2.24, 2.45) is 5.92 Å². The molecule has 0 aliphatic carbocycles. The number of carbonyl (C=O) groups is 3. The van der Waals surface area contributed by atoms with Crippen LogP contribution >= 0.6 is 11.8 Å². The van der Waals surface area contributed by atoms with Gasteiger partial charge in [-0.15, -0.1) is 0 Å². The molecule has 0 spiro atoms. The number of carbonyl (C=O) groups excluding carboxylic acids is 3. The molecule has 0 aliphatic rings. The van der Waals surface area contributed by atoms with Crippen molar-refractivity contribution in [3.8, 4) is 0 Å². The monoisotopic (exact) mass is 474 g/mol. The van der Waals surface area contributed by atoms with Crippen LogP contribution in [-0.2, 0) is 26.7 Å². The zero-order valence-electron chi connectivity index (χ0n) is 19.0. The second-order valence-corrected chi connectivity index (χ2v) is 9.18. The van der Waals surface area contributed by atoms with E-state index in [1.165, 1.54) is 17.8 Å². The van der Waals surface area contributed by atoms with Gasteiger partial charge in [0.15, 0.2) is 0 Å². The Bertz CT molecular complexity index is 895. The average molecular weight is 475 g/mol.